The van der Waals surface area contributed by atoms with E-state index in [0.717, 1.165) is 0 Å². The van der Waals surface area contributed by atoms with Gasteiger partial charge in [-0.25, -0.2) is 9.59 Å². The van der Waals surface area contributed by atoms with Gasteiger partial charge in [0, 0.05) is 26.1 Å². The third-order valence-corrected chi connectivity index (χ3v) is 3.92. The SMILES string of the molecule is CC1(O)CCN(C(=O)N2CC(O)CC2C(=O)O)CC1. The van der Waals surface area contributed by atoms with Gasteiger partial charge in [0.2, 0.25) is 0 Å². The van der Waals surface area contributed by atoms with E-state index in [1.165, 1.54) is 4.90 Å². The number of rotatable bonds is 1. The van der Waals surface area contributed by atoms with Crippen molar-refractivity contribution in [2.45, 2.75) is 43.9 Å². The third kappa shape index (κ3) is 2.98. The van der Waals surface area contributed by atoms with E-state index in [2.05, 4.69) is 0 Å². The van der Waals surface area contributed by atoms with Gasteiger partial charge in [-0.05, 0) is 19.8 Å². The van der Waals surface area contributed by atoms with Crippen LogP contribution in [0.5, 0.6) is 0 Å². The Kier molecular flexibility index (Phi) is 3.69. The molecule has 2 amide bonds. The molecule has 2 fully saturated rings. The van der Waals surface area contributed by atoms with Crippen LogP contribution < -0.4 is 0 Å². The number of piperidine rings is 1. The van der Waals surface area contributed by atoms with E-state index in [1.807, 2.05) is 0 Å². The summed E-state index contributed by atoms with van der Waals surface area (Å²) in [5.74, 6) is -1.09. The van der Waals surface area contributed by atoms with E-state index in [-0.39, 0.29) is 19.0 Å². The molecule has 2 rings (SSSR count). The number of hydrogen-bond acceptors (Lipinski definition) is 4. The fraction of sp³-hybridized carbons (Fsp3) is 0.833. The van der Waals surface area contributed by atoms with Crippen LogP contribution in [0.3, 0.4) is 0 Å². The van der Waals surface area contributed by atoms with Crippen molar-refractivity contribution in [3.05, 3.63) is 0 Å². The molecule has 108 valence electrons. The highest BCUT2D eigenvalue weighted by atomic mass is 16.4. The Morgan fingerprint density at radius 2 is 1.84 bits per heavy atom. The van der Waals surface area contributed by atoms with E-state index in [1.54, 1.807) is 11.8 Å². The zero-order chi connectivity index (χ0) is 14.2. The second kappa shape index (κ2) is 4.97. The first-order valence-corrected chi connectivity index (χ1v) is 6.49. The first kappa shape index (κ1) is 14.1. The minimum Gasteiger partial charge on any atom is -0.480 e. The largest absolute Gasteiger partial charge is 0.480 e. The maximum atomic E-state index is 12.3. The summed E-state index contributed by atoms with van der Waals surface area (Å²) in [5, 5.41) is 28.4. The summed E-state index contributed by atoms with van der Waals surface area (Å²) in [6.45, 7) is 2.60. The zero-order valence-corrected chi connectivity index (χ0v) is 10.9. The minimum absolute atomic E-state index is 0.0582. The van der Waals surface area contributed by atoms with Crippen molar-refractivity contribution in [3.8, 4) is 0 Å². The summed E-state index contributed by atoms with van der Waals surface area (Å²) in [6.07, 6.45) is 0.254. The summed E-state index contributed by atoms with van der Waals surface area (Å²) in [7, 11) is 0. The number of nitrogens with zero attached hydrogens (tertiary/aromatic N) is 2. The van der Waals surface area contributed by atoms with Gasteiger partial charge in [0.1, 0.15) is 6.04 Å². The van der Waals surface area contributed by atoms with Gasteiger partial charge < -0.3 is 25.1 Å². The van der Waals surface area contributed by atoms with E-state index < -0.39 is 23.7 Å². The number of β-amino-alcohol motifs (C(OH)–C–C–N with tert-alkyl or cyclic N) is 1. The smallest absolute Gasteiger partial charge is 0.326 e. The minimum atomic E-state index is -1.09. The van der Waals surface area contributed by atoms with E-state index in [9.17, 15) is 19.8 Å². The highest BCUT2D eigenvalue weighted by molar-refractivity contribution is 5.83. The van der Waals surface area contributed by atoms with E-state index >= 15 is 0 Å². The fourth-order valence-electron chi connectivity index (χ4n) is 2.62. The average molecular weight is 272 g/mol. The van der Waals surface area contributed by atoms with Crippen LogP contribution in [0.2, 0.25) is 0 Å². The number of carboxylic acids is 1. The predicted molar refractivity (Wildman–Crippen MR) is 65.6 cm³/mol. The summed E-state index contributed by atoms with van der Waals surface area (Å²) < 4.78 is 0. The van der Waals surface area contributed by atoms with E-state index in [0.29, 0.717) is 25.9 Å². The van der Waals surface area contributed by atoms with Gasteiger partial charge in [-0.3, -0.25) is 0 Å². The maximum absolute atomic E-state index is 12.3. The number of amides is 2. The molecular formula is C12H20N2O5. The molecule has 0 aromatic heterocycles. The van der Waals surface area contributed by atoms with Crippen molar-refractivity contribution >= 4 is 12.0 Å². The lowest BCUT2D eigenvalue weighted by Gasteiger charge is -2.38. The molecule has 2 heterocycles. The molecule has 3 N–H and O–H groups in total. The molecule has 2 atom stereocenters. The van der Waals surface area contributed by atoms with Crippen molar-refractivity contribution in [2.24, 2.45) is 0 Å². The van der Waals surface area contributed by atoms with Gasteiger partial charge in [0.15, 0.2) is 0 Å². The van der Waals surface area contributed by atoms with Crippen LogP contribution >= 0.6 is 0 Å². The number of aliphatic carboxylic acids is 1. The Morgan fingerprint density at radius 1 is 1.26 bits per heavy atom. The number of likely N-dealkylation sites (tertiary alicyclic amines) is 2. The monoisotopic (exact) mass is 272 g/mol. The van der Waals surface area contributed by atoms with Crippen LogP contribution in [0.1, 0.15) is 26.2 Å². The highest BCUT2D eigenvalue weighted by Crippen LogP contribution is 2.25. The first-order chi connectivity index (χ1) is 8.80. The molecule has 0 aromatic carbocycles. The molecule has 7 nitrogen and oxygen atoms in total. The normalized spacial score (nSPS) is 30.5. The molecule has 0 saturated carbocycles. The van der Waals surface area contributed by atoms with Gasteiger partial charge in [-0.2, -0.15) is 0 Å². The summed E-state index contributed by atoms with van der Waals surface area (Å²) in [5.41, 5.74) is -0.756. The van der Waals surface area contributed by atoms with Crippen LogP contribution in [0, 0.1) is 0 Å². The molecule has 2 saturated heterocycles. The number of urea groups is 1. The molecule has 0 aromatic rings. The van der Waals surface area contributed by atoms with Gasteiger partial charge in [0.05, 0.1) is 11.7 Å². The molecule has 0 bridgehead atoms. The second-order valence-corrected chi connectivity index (χ2v) is 5.66. The molecule has 19 heavy (non-hydrogen) atoms. The molecule has 2 unspecified atom stereocenters. The Bertz CT molecular complexity index is 374. The Hall–Kier alpha value is -1.34. The third-order valence-electron chi connectivity index (χ3n) is 3.92. The van der Waals surface area contributed by atoms with Crippen molar-refractivity contribution < 1.29 is 24.9 Å². The lowest BCUT2D eigenvalue weighted by Crippen LogP contribution is -2.52. The Balaban J connectivity index is 2.01. The van der Waals surface area contributed by atoms with Crippen molar-refractivity contribution in [2.75, 3.05) is 19.6 Å². The molecule has 7 heteroatoms. The molecule has 0 radical (unpaired) electrons. The lowest BCUT2D eigenvalue weighted by molar-refractivity contribution is -0.141. The quantitative estimate of drug-likeness (QED) is 0.596. The first-order valence-electron chi connectivity index (χ1n) is 6.49. The highest BCUT2D eigenvalue weighted by Gasteiger charge is 2.41. The Labute approximate surface area is 111 Å². The lowest BCUT2D eigenvalue weighted by atomic mass is 9.94. The standard InChI is InChI=1S/C12H20N2O5/c1-12(19)2-4-13(5-3-12)11(18)14-7-8(15)6-9(14)10(16)17/h8-9,15,19H,2-7H2,1H3,(H,16,17). The molecule has 2 aliphatic rings. The number of carbonyl (C=O) groups excluding carboxylic acids is 1. The summed E-state index contributed by atoms with van der Waals surface area (Å²) in [4.78, 5) is 26.1. The fourth-order valence-corrected chi connectivity index (χ4v) is 2.62. The molecule has 0 aliphatic carbocycles. The summed E-state index contributed by atoms with van der Waals surface area (Å²) in [6, 6.07) is -1.32. The van der Waals surface area contributed by atoms with Crippen molar-refractivity contribution in [1.82, 2.24) is 9.80 Å². The van der Waals surface area contributed by atoms with Crippen LogP contribution in [-0.2, 0) is 4.79 Å². The van der Waals surface area contributed by atoms with Crippen LogP contribution in [0.25, 0.3) is 0 Å². The number of carbonyl (C=O) groups is 2. The second-order valence-electron chi connectivity index (χ2n) is 5.66. The predicted octanol–water partition coefficient (Wildman–Crippen LogP) is -0.527. The van der Waals surface area contributed by atoms with Gasteiger partial charge in [-0.1, -0.05) is 0 Å². The van der Waals surface area contributed by atoms with E-state index in [4.69, 9.17) is 5.11 Å². The molecular weight excluding hydrogens is 252 g/mol. The van der Waals surface area contributed by atoms with Crippen molar-refractivity contribution in [1.29, 1.82) is 0 Å². The Morgan fingerprint density at radius 3 is 2.37 bits per heavy atom. The number of hydrogen-bond donors (Lipinski definition) is 3. The maximum Gasteiger partial charge on any atom is 0.326 e. The van der Waals surface area contributed by atoms with Crippen molar-refractivity contribution in [3.63, 3.8) is 0 Å². The van der Waals surface area contributed by atoms with Gasteiger partial charge >= 0.3 is 12.0 Å². The van der Waals surface area contributed by atoms with Crippen LogP contribution in [0.15, 0.2) is 0 Å². The number of aliphatic hydroxyl groups is 2. The van der Waals surface area contributed by atoms with Gasteiger partial charge in [-0.15, -0.1) is 0 Å². The van der Waals surface area contributed by atoms with Gasteiger partial charge in [0.25, 0.3) is 0 Å². The topological polar surface area (TPSA) is 101 Å². The zero-order valence-electron chi connectivity index (χ0n) is 10.9. The molecule has 0 spiro atoms. The van der Waals surface area contributed by atoms with Crippen LogP contribution in [0.4, 0.5) is 4.79 Å². The molecule has 2 aliphatic heterocycles. The number of carboxylic acid groups (broad SMARTS) is 1. The average Bonchev–Trinajstić information content (AvgIpc) is 2.70. The summed E-state index contributed by atoms with van der Waals surface area (Å²) >= 11 is 0. The van der Waals surface area contributed by atoms with Crippen LogP contribution in [-0.4, -0.2) is 74.5 Å². The number of aliphatic hydroxyl groups excluding tert-OH is 1.